The molecule has 3 aromatic rings. The molecule has 3 aromatic carbocycles. The van der Waals surface area contributed by atoms with E-state index in [4.69, 9.17) is 19.8 Å². The predicted molar refractivity (Wildman–Crippen MR) is 122 cm³/mol. The van der Waals surface area contributed by atoms with Crippen molar-refractivity contribution >= 4 is 12.6 Å². The molecule has 5 heteroatoms. The zero-order chi connectivity index (χ0) is 22.2. The lowest BCUT2D eigenvalue weighted by Crippen LogP contribution is -2.41. The van der Waals surface area contributed by atoms with E-state index in [1.807, 2.05) is 76.2 Å². The van der Waals surface area contributed by atoms with Crippen LogP contribution in [0.3, 0.4) is 0 Å². The van der Waals surface area contributed by atoms with Crippen LogP contribution in [0.4, 0.5) is 0 Å². The van der Waals surface area contributed by atoms with Gasteiger partial charge in [0.1, 0.15) is 0 Å². The first-order valence-corrected chi connectivity index (χ1v) is 10.2. The Labute approximate surface area is 183 Å². The molecular formula is C26H23BN2O2. The molecule has 1 aliphatic rings. The maximum absolute atomic E-state index is 9.11. The van der Waals surface area contributed by atoms with Crippen LogP contribution >= 0.6 is 0 Å². The van der Waals surface area contributed by atoms with Crippen molar-refractivity contribution in [3.05, 3.63) is 77.9 Å². The molecule has 0 unspecified atom stereocenters. The standard InChI is InChI=1S/C26H23BN2O2/c1-25(2)26(3,4)31-27(30-25)24-14-22(20-9-5-18(16-28)6-10-20)13-23(15-24)21-11-7-19(17-29)8-12-21/h5-15H,1-4H3. The van der Waals surface area contributed by atoms with Gasteiger partial charge in [0.15, 0.2) is 0 Å². The van der Waals surface area contributed by atoms with Crippen molar-refractivity contribution in [1.29, 1.82) is 10.5 Å². The average molecular weight is 406 g/mol. The predicted octanol–water partition coefficient (Wildman–Crippen LogP) is 5.06. The van der Waals surface area contributed by atoms with Gasteiger partial charge < -0.3 is 9.31 Å². The number of benzene rings is 3. The third-order valence-electron chi connectivity index (χ3n) is 6.18. The van der Waals surface area contributed by atoms with Crippen LogP contribution < -0.4 is 5.46 Å². The van der Waals surface area contributed by atoms with Crippen LogP contribution in [0.15, 0.2) is 66.7 Å². The lowest BCUT2D eigenvalue weighted by Gasteiger charge is -2.32. The van der Waals surface area contributed by atoms with Crippen molar-refractivity contribution in [3.63, 3.8) is 0 Å². The normalized spacial score (nSPS) is 16.5. The van der Waals surface area contributed by atoms with E-state index in [1.54, 1.807) is 0 Å². The van der Waals surface area contributed by atoms with Crippen molar-refractivity contribution in [3.8, 4) is 34.4 Å². The minimum absolute atomic E-state index is 0.434. The Bertz CT molecular complexity index is 1110. The number of hydrogen-bond acceptors (Lipinski definition) is 4. The summed E-state index contributed by atoms with van der Waals surface area (Å²) in [5.41, 5.74) is 5.34. The highest BCUT2D eigenvalue weighted by molar-refractivity contribution is 6.62. The quantitative estimate of drug-likeness (QED) is 0.570. The van der Waals surface area contributed by atoms with Gasteiger partial charge in [-0.2, -0.15) is 10.5 Å². The molecule has 1 aliphatic heterocycles. The van der Waals surface area contributed by atoms with E-state index in [0.717, 1.165) is 27.7 Å². The lowest BCUT2D eigenvalue weighted by molar-refractivity contribution is 0.00578. The van der Waals surface area contributed by atoms with Crippen molar-refractivity contribution in [2.45, 2.75) is 38.9 Å². The first-order chi connectivity index (χ1) is 14.7. The van der Waals surface area contributed by atoms with Crippen LogP contribution in [0, 0.1) is 22.7 Å². The molecule has 0 spiro atoms. The molecule has 0 aromatic heterocycles. The van der Waals surface area contributed by atoms with Crippen LogP contribution in [-0.4, -0.2) is 18.3 Å². The zero-order valence-corrected chi connectivity index (χ0v) is 18.1. The number of hydrogen-bond donors (Lipinski definition) is 0. The highest BCUT2D eigenvalue weighted by atomic mass is 16.7. The Morgan fingerprint density at radius 3 is 1.35 bits per heavy atom. The first kappa shape index (κ1) is 20.9. The molecule has 0 saturated carbocycles. The Balaban J connectivity index is 1.82. The fraction of sp³-hybridized carbons (Fsp3) is 0.231. The average Bonchev–Trinajstić information content (AvgIpc) is 3.00. The van der Waals surface area contributed by atoms with Crippen LogP contribution in [0.5, 0.6) is 0 Å². The van der Waals surface area contributed by atoms with E-state index in [-0.39, 0.29) is 0 Å². The topological polar surface area (TPSA) is 66.0 Å². The monoisotopic (exact) mass is 406 g/mol. The summed E-state index contributed by atoms with van der Waals surface area (Å²) in [4.78, 5) is 0. The molecule has 1 heterocycles. The van der Waals surface area contributed by atoms with Crippen molar-refractivity contribution in [1.82, 2.24) is 0 Å². The molecule has 31 heavy (non-hydrogen) atoms. The van der Waals surface area contributed by atoms with Gasteiger partial charge in [-0.3, -0.25) is 0 Å². The van der Waals surface area contributed by atoms with Crippen molar-refractivity contribution < 1.29 is 9.31 Å². The fourth-order valence-corrected chi connectivity index (χ4v) is 3.57. The Morgan fingerprint density at radius 1 is 0.613 bits per heavy atom. The van der Waals surface area contributed by atoms with Gasteiger partial charge in [-0.15, -0.1) is 0 Å². The van der Waals surface area contributed by atoms with E-state index in [0.29, 0.717) is 11.1 Å². The Kier molecular flexibility index (Phi) is 5.19. The van der Waals surface area contributed by atoms with Crippen molar-refractivity contribution in [2.75, 3.05) is 0 Å². The van der Waals surface area contributed by atoms with Crippen LogP contribution in [0.25, 0.3) is 22.3 Å². The fourth-order valence-electron chi connectivity index (χ4n) is 3.57. The maximum Gasteiger partial charge on any atom is 0.494 e. The van der Waals surface area contributed by atoms with E-state index in [9.17, 15) is 0 Å². The molecule has 1 saturated heterocycles. The molecule has 0 bridgehead atoms. The van der Waals surface area contributed by atoms with Crippen LogP contribution in [-0.2, 0) is 9.31 Å². The largest absolute Gasteiger partial charge is 0.494 e. The molecule has 152 valence electrons. The molecule has 0 N–H and O–H groups in total. The lowest BCUT2D eigenvalue weighted by atomic mass is 9.76. The third kappa shape index (κ3) is 3.99. The van der Waals surface area contributed by atoms with E-state index < -0.39 is 18.3 Å². The van der Waals surface area contributed by atoms with E-state index in [2.05, 4.69) is 30.3 Å². The van der Waals surface area contributed by atoms with E-state index >= 15 is 0 Å². The third-order valence-corrected chi connectivity index (χ3v) is 6.18. The summed E-state index contributed by atoms with van der Waals surface area (Å²) in [6.45, 7) is 8.16. The van der Waals surface area contributed by atoms with Gasteiger partial charge in [0.05, 0.1) is 34.5 Å². The van der Waals surface area contributed by atoms with E-state index in [1.165, 1.54) is 0 Å². The molecular weight excluding hydrogens is 383 g/mol. The van der Waals surface area contributed by atoms with Gasteiger partial charge in [0, 0.05) is 0 Å². The van der Waals surface area contributed by atoms with Crippen LogP contribution in [0.2, 0.25) is 0 Å². The SMILES string of the molecule is CC1(C)OB(c2cc(-c3ccc(C#N)cc3)cc(-c3ccc(C#N)cc3)c2)OC1(C)C. The first-order valence-electron chi connectivity index (χ1n) is 10.2. The second kappa shape index (κ2) is 7.71. The molecule has 0 aliphatic carbocycles. The summed E-state index contributed by atoms with van der Waals surface area (Å²) < 4.78 is 12.6. The highest BCUT2D eigenvalue weighted by Crippen LogP contribution is 2.37. The molecule has 4 nitrogen and oxygen atoms in total. The minimum atomic E-state index is -0.486. The summed E-state index contributed by atoms with van der Waals surface area (Å²) in [5, 5.41) is 18.2. The van der Waals surface area contributed by atoms with Gasteiger partial charge >= 0.3 is 7.12 Å². The molecule has 4 rings (SSSR count). The van der Waals surface area contributed by atoms with Gasteiger partial charge in [0.25, 0.3) is 0 Å². The van der Waals surface area contributed by atoms with Gasteiger partial charge in [0.2, 0.25) is 0 Å². The van der Waals surface area contributed by atoms with Crippen molar-refractivity contribution in [2.24, 2.45) is 0 Å². The molecule has 1 fully saturated rings. The zero-order valence-electron chi connectivity index (χ0n) is 18.1. The summed E-state index contributed by atoms with van der Waals surface area (Å²) in [7, 11) is -0.486. The summed E-state index contributed by atoms with van der Waals surface area (Å²) in [6, 6.07) is 25.7. The number of nitrogens with zero attached hydrogens (tertiary/aromatic N) is 2. The Hall–Kier alpha value is -3.38. The highest BCUT2D eigenvalue weighted by Gasteiger charge is 2.51. The minimum Gasteiger partial charge on any atom is -0.399 e. The van der Waals surface area contributed by atoms with Crippen LogP contribution in [0.1, 0.15) is 38.8 Å². The second-order valence-electron chi connectivity index (χ2n) is 8.81. The number of rotatable bonds is 3. The summed E-state index contributed by atoms with van der Waals surface area (Å²) in [5.74, 6) is 0. The van der Waals surface area contributed by atoms with Gasteiger partial charge in [-0.05, 0) is 85.7 Å². The smallest absolute Gasteiger partial charge is 0.399 e. The molecule has 0 radical (unpaired) electrons. The number of nitriles is 2. The van der Waals surface area contributed by atoms with Gasteiger partial charge in [-0.25, -0.2) is 0 Å². The Morgan fingerprint density at radius 2 is 1.00 bits per heavy atom. The van der Waals surface area contributed by atoms with Gasteiger partial charge in [-0.1, -0.05) is 36.4 Å². The molecule has 0 amide bonds. The summed E-state index contributed by atoms with van der Waals surface area (Å²) >= 11 is 0. The molecule has 0 atom stereocenters. The summed E-state index contributed by atoms with van der Waals surface area (Å²) in [6.07, 6.45) is 0. The second-order valence-corrected chi connectivity index (χ2v) is 8.81. The maximum atomic E-state index is 9.11.